The quantitative estimate of drug-likeness (QED) is 0.902. The van der Waals surface area contributed by atoms with Gasteiger partial charge in [-0.15, -0.1) is 0 Å². The Morgan fingerprint density at radius 2 is 2.04 bits per heavy atom. The minimum atomic E-state index is -0.265. The van der Waals surface area contributed by atoms with Gasteiger partial charge in [0.2, 0.25) is 5.91 Å². The first-order valence-corrected chi connectivity index (χ1v) is 9.19. The second kappa shape index (κ2) is 7.24. The van der Waals surface area contributed by atoms with Crippen LogP contribution in [0, 0.1) is 12.3 Å². The van der Waals surface area contributed by atoms with Crippen LogP contribution < -0.4 is 0 Å². The lowest BCUT2D eigenvalue weighted by Gasteiger charge is -2.56. The Kier molecular flexibility index (Phi) is 5.26. The molecule has 4 nitrogen and oxygen atoms in total. The molecule has 1 aliphatic heterocycles. The minimum Gasteiger partial charge on any atom is -0.392 e. The highest BCUT2D eigenvalue weighted by atomic mass is 16.5. The lowest BCUT2D eigenvalue weighted by molar-refractivity contribution is -0.210. The Bertz CT molecular complexity index is 576. The van der Waals surface area contributed by atoms with Crippen molar-refractivity contribution in [3.63, 3.8) is 0 Å². The molecule has 0 bridgehead atoms. The number of benzene rings is 1. The maximum Gasteiger partial charge on any atom is 0.222 e. The van der Waals surface area contributed by atoms with Gasteiger partial charge >= 0.3 is 0 Å². The zero-order chi connectivity index (χ0) is 17.2. The first-order valence-electron chi connectivity index (χ1n) is 9.19. The Labute approximate surface area is 144 Å². The van der Waals surface area contributed by atoms with Crippen molar-refractivity contribution in [3.8, 4) is 0 Å². The molecule has 3 rings (SSSR count). The van der Waals surface area contributed by atoms with Gasteiger partial charge in [0.15, 0.2) is 0 Å². The number of piperidine rings is 1. The van der Waals surface area contributed by atoms with Gasteiger partial charge in [-0.25, -0.2) is 0 Å². The zero-order valence-electron chi connectivity index (χ0n) is 14.8. The van der Waals surface area contributed by atoms with Gasteiger partial charge in [0, 0.05) is 38.0 Å². The molecule has 1 heterocycles. The number of nitrogens with zero attached hydrogens (tertiary/aromatic N) is 1. The highest BCUT2D eigenvalue weighted by Crippen LogP contribution is 2.50. The van der Waals surface area contributed by atoms with Gasteiger partial charge in [0.25, 0.3) is 0 Å². The van der Waals surface area contributed by atoms with Crippen LogP contribution in [-0.2, 0) is 16.0 Å². The molecule has 1 spiro atoms. The summed E-state index contributed by atoms with van der Waals surface area (Å²) in [5.74, 6) is 0.231. The first kappa shape index (κ1) is 17.4. The van der Waals surface area contributed by atoms with Crippen LogP contribution in [0.4, 0.5) is 0 Å². The van der Waals surface area contributed by atoms with Crippen LogP contribution in [0.3, 0.4) is 0 Å². The van der Waals surface area contributed by atoms with E-state index in [1.165, 1.54) is 11.1 Å². The van der Waals surface area contributed by atoms with Gasteiger partial charge in [0.05, 0.1) is 12.2 Å². The highest BCUT2D eigenvalue weighted by molar-refractivity contribution is 5.76. The summed E-state index contributed by atoms with van der Waals surface area (Å²) >= 11 is 0. The molecule has 4 heteroatoms. The molecular formula is C20H29NO3. The van der Waals surface area contributed by atoms with Gasteiger partial charge < -0.3 is 14.7 Å². The van der Waals surface area contributed by atoms with E-state index in [-0.39, 0.29) is 23.5 Å². The summed E-state index contributed by atoms with van der Waals surface area (Å²) in [6.07, 6.45) is 3.73. The number of rotatable bonds is 5. The third kappa shape index (κ3) is 3.22. The van der Waals surface area contributed by atoms with Gasteiger partial charge in [-0.1, -0.05) is 24.3 Å². The number of amides is 1. The van der Waals surface area contributed by atoms with Crippen LogP contribution >= 0.6 is 0 Å². The maximum absolute atomic E-state index is 12.5. The number of carbonyl (C=O) groups excluding carboxylic acids is 1. The topological polar surface area (TPSA) is 49.8 Å². The Morgan fingerprint density at radius 3 is 2.67 bits per heavy atom. The van der Waals surface area contributed by atoms with E-state index in [4.69, 9.17) is 4.74 Å². The van der Waals surface area contributed by atoms with Crippen LogP contribution in [0.15, 0.2) is 24.3 Å². The summed E-state index contributed by atoms with van der Waals surface area (Å²) in [5, 5.41) is 10.2. The average Bonchev–Trinajstić information content (AvgIpc) is 2.61. The van der Waals surface area contributed by atoms with Crippen LogP contribution in [0.25, 0.3) is 0 Å². The molecular weight excluding hydrogens is 302 g/mol. The summed E-state index contributed by atoms with van der Waals surface area (Å²) in [5.41, 5.74) is 2.40. The third-order valence-electron chi connectivity index (χ3n) is 6.03. The SMILES string of the molecule is CCOC1CC(O)C12CCN(C(=O)CCc1ccccc1C)CC2. The molecule has 2 fully saturated rings. The smallest absolute Gasteiger partial charge is 0.222 e. The normalized spacial score (nSPS) is 25.5. The van der Waals surface area contributed by atoms with E-state index < -0.39 is 0 Å². The molecule has 1 saturated heterocycles. The summed E-state index contributed by atoms with van der Waals surface area (Å²) in [4.78, 5) is 14.5. The number of hydrogen-bond acceptors (Lipinski definition) is 3. The van der Waals surface area contributed by atoms with Gasteiger partial charge in [0.1, 0.15) is 0 Å². The van der Waals surface area contributed by atoms with Crippen molar-refractivity contribution in [1.82, 2.24) is 4.90 Å². The molecule has 2 aliphatic rings. The molecule has 1 aromatic carbocycles. The predicted octanol–water partition coefficient (Wildman–Crippen LogP) is 2.71. The van der Waals surface area contributed by atoms with Gasteiger partial charge in [-0.3, -0.25) is 4.79 Å². The fourth-order valence-electron chi connectivity index (χ4n) is 4.28. The Hall–Kier alpha value is -1.39. The monoisotopic (exact) mass is 331 g/mol. The summed E-state index contributed by atoms with van der Waals surface area (Å²) < 4.78 is 5.79. The second-order valence-electron chi connectivity index (χ2n) is 7.24. The second-order valence-corrected chi connectivity index (χ2v) is 7.24. The molecule has 1 N–H and O–H groups in total. The third-order valence-corrected chi connectivity index (χ3v) is 6.03. The molecule has 132 valence electrons. The lowest BCUT2D eigenvalue weighted by atomic mass is 9.58. The van der Waals surface area contributed by atoms with Crippen LogP contribution in [-0.4, -0.2) is 47.8 Å². The number of ether oxygens (including phenoxy) is 1. The predicted molar refractivity (Wildman–Crippen MR) is 93.8 cm³/mol. The fourth-order valence-corrected chi connectivity index (χ4v) is 4.28. The van der Waals surface area contributed by atoms with E-state index in [2.05, 4.69) is 19.1 Å². The molecule has 2 unspecified atom stereocenters. The van der Waals surface area contributed by atoms with E-state index in [0.29, 0.717) is 13.0 Å². The number of aliphatic hydroxyl groups excluding tert-OH is 1. The first-order chi connectivity index (χ1) is 11.6. The van der Waals surface area contributed by atoms with Crippen LogP contribution in [0.2, 0.25) is 0 Å². The average molecular weight is 331 g/mol. The van der Waals surface area contributed by atoms with Crippen molar-refractivity contribution in [3.05, 3.63) is 35.4 Å². The molecule has 1 saturated carbocycles. The highest BCUT2D eigenvalue weighted by Gasteiger charge is 2.56. The molecule has 0 aromatic heterocycles. The number of aryl methyl sites for hydroxylation is 2. The Morgan fingerprint density at radius 1 is 1.33 bits per heavy atom. The number of likely N-dealkylation sites (tertiary alicyclic amines) is 1. The molecule has 0 radical (unpaired) electrons. The Balaban J connectivity index is 1.51. The van der Waals surface area contributed by atoms with Crippen molar-refractivity contribution in [2.45, 2.75) is 58.2 Å². The standard InChI is InChI=1S/C20H29NO3/c1-3-24-18-14-17(22)20(18)10-12-21(13-11-20)19(23)9-8-16-7-5-4-6-15(16)2/h4-7,17-18,22H,3,8-14H2,1-2H3. The summed E-state index contributed by atoms with van der Waals surface area (Å²) in [7, 11) is 0. The lowest BCUT2D eigenvalue weighted by Crippen LogP contribution is -2.62. The van der Waals surface area contributed by atoms with E-state index in [0.717, 1.165) is 38.8 Å². The van der Waals surface area contributed by atoms with E-state index in [1.54, 1.807) is 0 Å². The number of hydrogen-bond donors (Lipinski definition) is 1. The van der Waals surface area contributed by atoms with Gasteiger partial charge in [-0.05, 0) is 44.2 Å². The van der Waals surface area contributed by atoms with Crippen molar-refractivity contribution in [2.75, 3.05) is 19.7 Å². The van der Waals surface area contributed by atoms with Crippen molar-refractivity contribution in [2.24, 2.45) is 5.41 Å². The minimum absolute atomic E-state index is 0.108. The van der Waals surface area contributed by atoms with E-state index in [1.807, 2.05) is 24.0 Å². The molecule has 2 atom stereocenters. The molecule has 1 aromatic rings. The van der Waals surface area contributed by atoms with Crippen molar-refractivity contribution >= 4 is 5.91 Å². The largest absolute Gasteiger partial charge is 0.392 e. The van der Waals surface area contributed by atoms with Crippen LogP contribution in [0.5, 0.6) is 0 Å². The van der Waals surface area contributed by atoms with Crippen molar-refractivity contribution < 1.29 is 14.6 Å². The fraction of sp³-hybridized carbons (Fsp3) is 0.650. The number of carbonyl (C=O) groups is 1. The van der Waals surface area contributed by atoms with E-state index in [9.17, 15) is 9.90 Å². The number of aliphatic hydroxyl groups is 1. The maximum atomic E-state index is 12.5. The molecule has 1 amide bonds. The zero-order valence-corrected chi connectivity index (χ0v) is 14.8. The molecule has 24 heavy (non-hydrogen) atoms. The van der Waals surface area contributed by atoms with Gasteiger partial charge in [-0.2, -0.15) is 0 Å². The van der Waals surface area contributed by atoms with E-state index >= 15 is 0 Å². The summed E-state index contributed by atoms with van der Waals surface area (Å²) in [6.45, 7) is 6.28. The summed E-state index contributed by atoms with van der Waals surface area (Å²) in [6, 6.07) is 8.26. The van der Waals surface area contributed by atoms with Crippen LogP contribution in [0.1, 0.15) is 43.7 Å². The molecule has 1 aliphatic carbocycles. The van der Waals surface area contributed by atoms with Crippen molar-refractivity contribution in [1.29, 1.82) is 0 Å².